The summed E-state index contributed by atoms with van der Waals surface area (Å²) in [6.45, 7) is 6.26. The fourth-order valence-corrected chi connectivity index (χ4v) is 3.45. The molecule has 3 aromatic carbocycles. The van der Waals surface area contributed by atoms with E-state index in [-0.39, 0.29) is 25.6 Å². The first kappa shape index (κ1) is 20.9. The second-order valence-corrected chi connectivity index (χ2v) is 7.43. The van der Waals surface area contributed by atoms with Gasteiger partial charge >= 0.3 is 0 Å². The molecular weight excluding hydrogens is 369 g/mol. The van der Waals surface area contributed by atoms with Crippen LogP contribution in [0.4, 0.5) is 0 Å². The Kier molecular flexibility index (Phi) is 6.54. The molecule has 0 spiro atoms. The standard InChI is InChI=1S/C21H24ClNO2.ClH/c1-13-8-17-18(9-14(13)2)20(22)16-7-5-4-6-15(16)19(17)10-23-21(3,11-24)12-25;/h4-9,23-25H,10-12H2,1-3H3;1H. The molecule has 3 rings (SSSR count). The second-order valence-electron chi connectivity index (χ2n) is 7.05. The molecule has 0 aliphatic carbocycles. The van der Waals surface area contributed by atoms with Crippen molar-refractivity contribution >= 4 is 45.6 Å². The van der Waals surface area contributed by atoms with Crippen LogP contribution in [0.3, 0.4) is 0 Å². The molecule has 3 nitrogen and oxygen atoms in total. The first-order valence-electron chi connectivity index (χ1n) is 8.47. The molecule has 0 amide bonds. The first-order chi connectivity index (χ1) is 11.9. The summed E-state index contributed by atoms with van der Waals surface area (Å²) in [4.78, 5) is 0. The lowest BCUT2D eigenvalue weighted by Gasteiger charge is -2.27. The third kappa shape index (κ3) is 3.68. The average Bonchev–Trinajstić information content (AvgIpc) is 2.63. The largest absolute Gasteiger partial charge is 0.394 e. The molecule has 0 saturated carbocycles. The van der Waals surface area contributed by atoms with E-state index in [2.05, 4.69) is 37.4 Å². The van der Waals surface area contributed by atoms with Crippen LogP contribution >= 0.6 is 24.0 Å². The summed E-state index contributed by atoms with van der Waals surface area (Å²) < 4.78 is 0. The van der Waals surface area contributed by atoms with E-state index in [0.29, 0.717) is 6.54 Å². The summed E-state index contributed by atoms with van der Waals surface area (Å²) in [6.07, 6.45) is 0. The number of nitrogens with one attached hydrogen (secondary N) is 1. The van der Waals surface area contributed by atoms with Crippen LogP contribution in [0.1, 0.15) is 23.6 Å². The van der Waals surface area contributed by atoms with Crippen molar-refractivity contribution in [1.82, 2.24) is 5.32 Å². The van der Waals surface area contributed by atoms with E-state index in [4.69, 9.17) is 11.6 Å². The Hall–Kier alpha value is -1.36. The van der Waals surface area contributed by atoms with E-state index >= 15 is 0 Å². The monoisotopic (exact) mass is 393 g/mol. The van der Waals surface area contributed by atoms with Gasteiger partial charge in [-0.2, -0.15) is 0 Å². The molecule has 0 saturated heterocycles. The van der Waals surface area contributed by atoms with Crippen molar-refractivity contribution in [2.45, 2.75) is 32.9 Å². The molecule has 0 bridgehead atoms. The number of aliphatic hydroxyl groups is 2. The van der Waals surface area contributed by atoms with Crippen LogP contribution in [-0.2, 0) is 6.54 Å². The van der Waals surface area contributed by atoms with Crippen molar-refractivity contribution in [3.63, 3.8) is 0 Å². The van der Waals surface area contributed by atoms with Crippen molar-refractivity contribution < 1.29 is 10.2 Å². The van der Waals surface area contributed by atoms with Crippen molar-refractivity contribution in [2.24, 2.45) is 0 Å². The molecule has 5 heteroatoms. The highest BCUT2D eigenvalue weighted by Crippen LogP contribution is 2.37. The molecule has 26 heavy (non-hydrogen) atoms. The van der Waals surface area contributed by atoms with Gasteiger partial charge in [0.15, 0.2) is 0 Å². The maximum atomic E-state index is 9.57. The van der Waals surface area contributed by atoms with Crippen LogP contribution < -0.4 is 5.32 Å². The van der Waals surface area contributed by atoms with Crippen LogP contribution in [0.5, 0.6) is 0 Å². The Morgan fingerprint density at radius 3 is 2.04 bits per heavy atom. The van der Waals surface area contributed by atoms with Gasteiger partial charge in [0.1, 0.15) is 0 Å². The van der Waals surface area contributed by atoms with E-state index < -0.39 is 5.54 Å². The van der Waals surface area contributed by atoms with Crippen molar-refractivity contribution in [1.29, 1.82) is 0 Å². The summed E-state index contributed by atoms with van der Waals surface area (Å²) in [5.41, 5.74) is 2.82. The van der Waals surface area contributed by atoms with Gasteiger partial charge in [-0.15, -0.1) is 12.4 Å². The number of aliphatic hydroxyl groups excluding tert-OH is 2. The fourth-order valence-electron chi connectivity index (χ4n) is 3.13. The van der Waals surface area contributed by atoms with Gasteiger partial charge in [0.25, 0.3) is 0 Å². The molecule has 140 valence electrons. The number of benzene rings is 3. The minimum atomic E-state index is -0.729. The van der Waals surface area contributed by atoms with Crippen molar-refractivity contribution in [3.8, 4) is 0 Å². The van der Waals surface area contributed by atoms with Gasteiger partial charge in [-0.1, -0.05) is 41.9 Å². The number of aryl methyl sites for hydroxylation is 2. The van der Waals surface area contributed by atoms with Crippen LogP contribution in [0.15, 0.2) is 36.4 Å². The zero-order chi connectivity index (χ0) is 18.2. The molecule has 3 aromatic rings. The van der Waals surface area contributed by atoms with Gasteiger partial charge in [0.05, 0.1) is 23.8 Å². The van der Waals surface area contributed by atoms with E-state index in [0.717, 1.165) is 32.1 Å². The number of halogens is 2. The smallest absolute Gasteiger partial charge is 0.0633 e. The van der Waals surface area contributed by atoms with Gasteiger partial charge < -0.3 is 15.5 Å². The van der Waals surface area contributed by atoms with E-state index in [9.17, 15) is 10.2 Å². The van der Waals surface area contributed by atoms with E-state index in [1.807, 2.05) is 25.1 Å². The summed E-state index contributed by atoms with van der Waals surface area (Å²) in [5.74, 6) is 0. The van der Waals surface area contributed by atoms with Gasteiger partial charge in [0, 0.05) is 17.3 Å². The summed E-state index contributed by atoms with van der Waals surface area (Å²) in [5, 5.41) is 27.5. The lowest BCUT2D eigenvalue weighted by molar-refractivity contribution is 0.103. The predicted molar refractivity (Wildman–Crippen MR) is 113 cm³/mol. The van der Waals surface area contributed by atoms with Crippen molar-refractivity contribution in [3.05, 3.63) is 58.1 Å². The summed E-state index contributed by atoms with van der Waals surface area (Å²) in [6, 6.07) is 12.4. The third-order valence-corrected chi connectivity index (χ3v) is 5.48. The highest BCUT2D eigenvalue weighted by molar-refractivity contribution is 6.41. The minimum Gasteiger partial charge on any atom is -0.394 e. The Labute approximate surface area is 165 Å². The zero-order valence-corrected chi connectivity index (χ0v) is 16.8. The van der Waals surface area contributed by atoms with E-state index in [1.165, 1.54) is 11.1 Å². The normalized spacial score (nSPS) is 11.8. The fraction of sp³-hybridized carbons (Fsp3) is 0.333. The topological polar surface area (TPSA) is 52.5 Å². The maximum Gasteiger partial charge on any atom is 0.0633 e. The number of rotatable bonds is 5. The quantitative estimate of drug-likeness (QED) is 0.558. The molecule has 0 unspecified atom stereocenters. The summed E-state index contributed by atoms with van der Waals surface area (Å²) in [7, 11) is 0. The Morgan fingerprint density at radius 1 is 0.923 bits per heavy atom. The highest BCUT2D eigenvalue weighted by atomic mass is 35.5. The molecule has 3 N–H and O–H groups in total. The number of hydrogen-bond donors (Lipinski definition) is 3. The SMILES string of the molecule is Cc1cc2c(Cl)c3ccccc3c(CNC(C)(CO)CO)c2cc1C.Cl. The Balaban J connectivity index is 0.00000243. The lowest BCUT2D eigenvalue weighted by atomic mass is 9.93. The van der Waals surface area contributed by atoms with Gasteiger partial charge in [-0.25, -0.2) is 0 Å². The maximum absolute atomic E-state index is 9.57. The van der Waals surface area contributed by atoms with Gasteiger partial charge in [0.2, 0.25) is 0 Å². The molecule has 0 aliphatic rings. The summed E-state index contributed by atoms with van der Waals surface area (Å²) >= 11 is 6.71. The minimum absolute atomic E-state index is 0. The molecule has 0 radical (unpaired) electrons. The van der Waals surface area contributed by atoms with Crippen LogP contribution in [0.2, 0.25) is 5.02 Å². The lowest BCUT2D eigenvalue weighted by Crippen LogP contribution is -2.48. The molecule has 0 aliphatic heterocycles. The molecule has 0 aromatic heterocycles. The Morgan fingerprint density at radius 2 is 1.46 bits per heavy atom. The Bertz CT molecular complexity index is 936. The zero-order valence-electron chi connectivity index (χ0n) is 15.3. The number of fused-ring (bicyclic) bond motifs is 2. The van der Waals surface area contributed by atoms with Gasteiger partial charge in [-0.05, 0) is 54.3 Å². The molecule has 0 fully saturated rings. The molecule has 0 heterocycles. The van der Waals surface area contributed by atoms with E-state index in [1.54, 1.807) is 0 Å². The molecular formula is C21H25Cl2NO2. The van der Waals surface area contributed by atoms with Crippen LogP contribution in [0, 0.1) is 13.8 Å². The number of hydrogen-bond acceptors (Lipinski definition) is 3. The first-order valence-corrected chi connectivity index (χ1v) is 8.85. The van der Waals surface area contributed by atoms with Crippen molar-refractivity contribution in [2.75, 3.05) is 13.2 Å². The van der Waals surface area contributed by atoms with Crippen LogP contribution in [0.25, 0.3) is 21.5 Å². The van der Waals surface area contributed by atoms with Crippen LogP contribution in [-0.4, -0.2) is 29.0 Å². The predicted octanol–water partition coefficient (Wildman–Crippen LogP) is 4.52. The average molecular weight is 394 g/mol. The second kappa shape index (κ2) is 8.12. The third-order valence-electron chi connectivity index (χ3n) is 5.07. The highest BCUT2D eigenvalue weighted by Gasteiger charge is 2.22. The molecule has 0 atom stereocenters. The van der Waals surface area contributed by atoms with Gasteiger partial charge in [-0.3, -0.25) is 0 Å².